The van der Waals surface area contributed by atoms with Gasteiger partial charge in [0.2, 0.25) is 0 Å². The summed E-state index contributed by atoms with van der Waals surface area (Å²) in [5.41, 5.74) is 1.76. The summed E-state index contributed by atoms with van der Waals surface area (Å²) >= 11 is 0. The van der Waals surface area contributed by atoms with Gasteiger partial charge in [-0.3, -0.25) is 9.89 Å². The van der Waals surface area contributed by atoms with Gasteiger partial charge in [0.05, 0.1) is 16.6 Å². The van der Waals surface area contributed by atoms with E-state index in [-0.39, 0.29) is 17.4 Å². The van der Waals surface area contributed by atoms with Gasteiger partial charge in [0.1, 0.15) is 11.0 Å². The monoisotopic (exact) mass is 365 g/mol. The third-order valence-electron chi connectivity index (χ3n) is 5.03. The lowest BCUT2D eigenvalue weighted by Crippen LogP contribution is -2.57. The lowest BCUT2D eigenvalue weighted by atomic mass is 9.84. The molecule has 0 saturated carbocycles. The third-order valence-corrected chi connectivity index (χ3v) is 5.54. The van der Waals surface area contributed by atoms with Crippen LogP contribution in [-0.2, 0) is 11.0 Å². The fourth-order valence-corrected chi connectivity index (χ4v) is 4.32. The molecule has 2 aromatic rings. The van der Waals surface area contributed by atoms with Crippen LogP contribution in [0.3, 0.4) is 0 Å². The number of H-pyrrole nitrogens is 1. The van der Waals surface area contributed by atoms with E-state index in [0.717, 1.165) is 38.0 Å². The van der Waals surface area contributed by atoms with Crippen molar-refractivity contribution in [3.8, 4) is 0 Å². The summed E-state index contributed by atoms with van der Waals surface area (Å²) in [6.45, 7) is 3.19. The quantitative estimate of drug-likeness (QED) is 0.720. The van der Waals surface area contributed by atoms with E-state index in [9.17, 15) is 9.00 Å². The maximum absolute atomic E-state index is 12.8. The molecular weight excluding hydrogens is 342 g/mol. The van der Waals surface area contributed by atoms with Gasteiger partial charge in [-0.25, -0.2) is 4.21 Å². The van der Waals surface area contributed by atoms with Crippen LogP contribution in [0.15, 0.2) is 18.2 Å². The molecule has 0 radical (unpaired) electrons. The van der Waals surface area contributed by atoms with E-state index in [0.29, 0.717) is 22.7 Å². The Hall–Kier alpha value is -1.97. The number of nitrogens with one attached hydrogen (secondary N) is 3. The van der Waals surface area contributed by atoms with Crippen LogP contribution in [-0.4, -0.2) is 62.6 Å². The van der Waals surface area contributed by atoms with Gasteiger partial charge in [-0.15, -0.1) is 0 Å². The number of piperidine rings is 3. The molecule has 2 bridgehead atoms. The largest absolute Gasteiger partial charge is 0.412 e. The van der Waals surface area contributed by atoms with Crippen LogP contribution in [0.4, 0.5) is 5.69 Å². The average molecular weight is 365 g/mol. The first-order valence-corrected chi connectivity index (χ1v) is 9.78. The fourth-order valence-electron chi connectivity index (χ4n) is 3.84. The van der Waals surface area contributed by atoms with Gasteiger partial charge >= 0.3 is 0 Å². The Morgan fingerprint density at radius 3 is 2.76 bits per heavy atom. The fraction of sp³-hybridized carbons (Fsp3) is 0.500. The molecule has 3 saturated heterocycles. The van der Waals surface area contributed by atoms with Crippen molar-refractivity contribution in [3.63, 3.8) is 0 Å². The molecule has 136 valence electrons. The van der Waals surface area contributed by atoms with Gasteiger partial charge in [0, 0.05) is 18.8 Å². The van der Waals surface area contributed by atoms with Crippen LogP contribution in [0.25, 0.3) is 10.9 Å². The van der Waals surface area contributed by atoms with Gasteiger partial charge in [0.25, 0.3) is 5.91 Å². The SMILES string of the molecule is CS(=O)Nc1cccc2[nH]nc(C(=O)N[C@@H]3CN4CCC3CC4)c12.O. The number of carbonyl (C=O) groups is 1. The third kappa shape index (κ3) is 3.39. The lowest BCUT2D eigenvalue weighted by molar-refractivity contribution is 0.0618. The number of nitrogens with zero attached hydrogens (tertiary/aromatic N) is 2. The molecule has 0 spiro atoms. The van der Waals surface area contributed by atoms with Crippen LogP contribution < -0.4 is 10.0 Å². The Balaban J connectivity index is 0.00000182. The standard InChI is InChI=1S/C16H21N5O2S.H2O/c1-24(23)20-12-4-2-3-11-14(12)15(19-18-11)16(22)17-13-9-21-7-5-10(13)6-8-21;/h2-4,10,13,20H,5-9H2,1H3,(H,17,22)(H,18,19);1H2/t13-,24?;/m1./s1. The normalized spacial score (nSPS) is 26.0. The lowest BCUT2D eigenvalue weighted by Gasteiger charge is -2.44. The first-order chi connectivity index (χ1) is 11.6. The second-order valence-corrected chi connectivity index (χ2v) is 7.69. The van der Waals surface area contributed by atoms with E-state index < -0.39 is 11.0 Å². The van der Waals surface area contributed by atoms with Gasteiger partial charge < -0.3 is 20.4 Å². The molecule has 4 heterocycles. The average Bonchev–Trinajstić information content (AvgIpc) is 3.01. The Bertz CT molecular complexity index is 800. The molecule has 2 atom stereocenters. The maximum Gasteiger partial charge on any atom is 0.272 e. The first-order valence-electron chi connectivity index (χ1n) is 8.22. The molecule has 1 aromatic heterocycles. The summed E-state index contributed by atoms with van der Waals surface area (Å²) in [6.07, 6.45) is 3.85. The zero-order valence-corrected chi connectivity index (χ0v) is 14.9. The highest BCUT2D eigenvalue weighted by atomic mass is 32.2. The van der Waals surface area contributed by atoms with Crippen molar-refractivity contribution in [1.29, 1.82) is 0 Å². The maximum atomic E-state index is 12.8. The first kappa shape index (κ1) is 17.8. The van der Waals surface area contributed by atoms with Crippen LogP contribution in [0, 0.1) is 5.92 Å². The number of aromatic nitrogens is 2. The Labute approximate surface area is 148 Å². The molecule has 5 rings (SSSR count). The number of carbonyl (C=O) groups excluding carboxylic acids is 1. The van der Waals surface area contributed by atoms with Gasteiger partial charge in [-0.05, 0) is 44.0 Å². The zero-order valence-electron chi connectivity index (χ0n) is 14.0. The summed E-state index contributed by atoms with van der Waals surface area (Å²) in [6, 6.07) is 5.69. The van der Waals surface area contributed by atoms with Crippen molar-refractivity contribution < 1.29 is 14.5 Å². The minimum absolute atomic E-state index is 0. The minimum atomic E-state index is -1.22. The molecule has 25 heavy (non-hydrogen) atoms. The van der Waals surface area contributed by atoms with Gasteiger partial charge in [-0.1, -0.05) is 6.07 Å². The Kier molecular flexibility index (Phi) is 5.07. The second kappa shape index (κ2) is 7.11. The summed E-state index contributed by atoms with van der Waals surface area (Å²) < 4.78 is 14.4. The molecule has 3 aliphatic heterocycles. The van der Waals surface area contributed by atoms with E-state index in [1.54, 1.807) is 6.26 Å². The number of aromatic amines is 1. The predicted octanol–water partition coefficient (Wildman–Crippen LogP) is 0.268. The molecule has 1 unspecified atom stereocenters. The highest BCUT2D eigenvalue weighted by Gasteiger charge is 2.35. The number of rotatable bonds is 4. The van der Waals surface area contributed by atoms with Crippen molar-refractivity contribution in [1.82, 2.24) is 20.4 Å². The zero-order chi connectivity index (χ0) is 16.7. The number of anilines is 1. The van der Waals surface area contributed by atoms with E-state index >= 15 is 0 Å². The molecule has 8 nitrogen and oxygen atoms in total. The molecule has 9 heteroatoms. The number of hydrogen-bond acceptors (Lipinski definition) is 4. The van der Waals surface area contributed by atoms with Crippen molar-refractivity contribution >= 4 is 33.5 Å². The van der Waals surface area contributed by atoms with Crippen molar-refractivity contribution in [2.75, 3.05) is 30.6 Å². The topological polar surface area (TPSA) is 122 Å². The van der Waals surface area contributed by atoms with Crippen molar-refractivity contribution in [2.45, 2.75) is 18.9 Å². The smallest absolute Gasteiger partial charge is 0.272 e. The number of amides is 1. The second-order valence-electron chi connectivity index (χ2n) is 6.57. The molecule has 3 fully saturated rings. The molecule has 5 N–H and O–H groups in total. The van der Waals surface area contributed by atoms with Crippen LogP contribution in [0.5, 0.6) is 0 Å². The van der Waals surface area contributed by atoms with E-state index in [1.807, 2.05) is 18.2 Å². The summed E-state index contributed by atoms with van der Waals surface area (Å²) in [7, 11) is -1.22. The van der Waals surface area contributed by atoms with Crippen LogP contribution in [0.1, 0.15) is 23.3 Å². The molecule has 0 aliphatic carbocycles. The van der Waals surface area contributed by atoms with Gasteiger partial charge in [-0.2, -0.15) is 5.10 Å². The van der Waals surface area contributed by atoms with Crippen molar-refractivity contribution in [2.24, 2.45) is 5.92 Å². The Morgan fingerprint density at radius 2 is 2.12 bits per heavy atom. The molecular formula is C16H23N5O3S. The van der Waals surface area contributed by atoms with Gasteiger partial charge in [0.15, 0.2) is 5.69 Å². The van der Waals surface area contributed by atoms with Crippen molar-refractivity contribution in [3.05, 3.63) is 23.9 Å². The Morgan fingerprint density at radius 1 is 1.36 bits per heavy atom. The van der Waals surface area contributed by atoms with E-state index in [1.165, 1.54) is 0 Å². The van der Waals surface area contributed by atoms with Crippen LogP contribution in [0.2, 0.25) is 0 Å². The highest BCUT2D eigenvalue weighted by molar-refractivity contribution is 7.85. The van der Waals surface area contributed by atoms with E-state index in [2.05, 4.69) is 25.1 Å². The summed E-state index contributed by atoms with van der Waals surface area (Å²) in [4.78, 5) is 15.2. The minimum Gasteiger partial charge on any atom is -0.412 e. The summed E-state index contributed by atoms with van der Waals surface area (Å²) in [5, 5.41) is 10.9. The highest BCUT2D eigenvalue weighted by Crippen LogP contribution is 2.29. The number of benzene rings is 1. The number of hydrogen-bond donors (Lipinski definition) is 3. The number of fused-ring (bicyclic) bond motifs is 4. The molecule has 1 aromatic carbocycles. The molecule has 1 amide bonds. The summed E-state index contributed by atoms with van der Waals surface area (Å²) in [5.74, 6) is 0.390. The molecule has 3 aliphatic rings. The van der Waals surface area contributed by atoms with E-state index in [4.69, 9.17) is 0 Å². The predicted molar refractivity (Wildman–Crippen MR) is 97.8 cm³/mol. The van der Waals surface area contributed by atoms with Crippen LogP contribution >= 0.6 is 0 Å².